The Balaban J connectivity index is 2.68. The minimum Gasteiger partial charge on any atom is -0.497 e. The first-order valence-electron chi connectivity index (χ1n) is 4.52. The summed E-state index contributed by atoms with van der Waals surface area (Å²) in [5.41, 5.74) is 6.95. The van der Waals surface area contributed by atoms with Gasteiger partial charge < -0.3 is 10.5 Å². The van der Waals surface area contributed by atoms with Crippen molar-refractivity contribution in [1.29, 1.82) is 0 Å². The number of thiophene rings is 1. The maximum absolute atomic E-state index is 5.66. The third-order valence-corrected chi connectivity index (χ3v) is 3.72. The van der Waals surface area contributed by atoms with E-state index in [1.165, 1.54) is 20.5 Å². The average molecular weight is 207 g/mol. The van der Waals surface area contributed by atoms with Gasteiger partial charge in [0.05, 0.1) is 7.11 Å². The van der Waals surface area contributed by atoms with E-state index in [0.717, 1.165) is 5.75 Å². The highest BCUT2D eigenvalue weighted by molar-refractivity contribution is 7.19. The van der Waals surface area contributed by atoms with Crippen molar-refractivity contribution in [2.75, 3.05) is 7.11 Å². The molecule has 0 aliphatic heterocycles. The maximum Gasteiger partial charge on any atom is 0.119 e. The van der Waals surface area contributed by atoms with Gasteiger partial charge in [-0.2, -0.15) is 0 Å². The minimum absolute atomic E-state index is 0.619. The number of benzene rings is 1. The summed E-state index contributed by atoms with van der Waals surface area (Å²) in [7, 11) is 1.69. The molecule has 0 aliphatic carbocycles. The summed E-state index contributed by atoms with van der Waals surface area (Å²) in [6, 6.07) is 6.14. The lowest BCUT2D eigenvalue weighted by Gasteiger charge is -1.99. The van der Waals surface area contributed by atoms with E-state index in [1.54, 1.807) is 18.4 Å². The molecule has 2 N–H and O–H groups in total. The fourth-order valence-corrected chi connectivity index (χ4v) is 2.64. The number of nitrogens with two attached hydrogens (primary N) is 1. The molecule has 0 saturated carbocycles. The second-order valence-electron chi connectivity index (χ2n) is 3.22. The van der Waals surface area contributed by atoms with Gasteiger partial charge in [-0.1, -0.05) is 0 Å². The van der Waals surface area contributed by atoms with E-state index < -0.39 is 0 Å². The Hall–Kier alpha value is -1.06. The van der Waals surface area contributed by atoms with Crippen molar-refractivity contribution in [3.63, 3.8) is 0 Å². The quantitative estimate of drug-likeness (QED) is 0.821. The summed E-state index contributed by atoms with van der Waals surface area (Å²) in [4.78, 5) is 1.26. The molecule has 1 aromatic carbocycles. The average Bonchev–Trinajstić information content (AvgIpc) is 2.55. The van der Waals surface area contributed by atoms with Gasteiger partial charge in [0.15, 0.2) is 0 Å². The predicted octanol–water partition coefficient (Wildman–Crippen LogP) is 2.68. The predicted molar refractivity (Wildman–Crippen MR) is 61.0 cm³/mol. The molecule has 2 rings (SSSR count). The van der Waals surface area contributed by atoms with Crippen LogP contribution in [0.2, 0.25) is 0 Å². The first-order valence-corrected chi connectivity index (χ1v) is 5.34. The molecule has 0 spiro atoms. The Morgan fingerprint density at radius 1 is 1.43 bits per heavy atom. The molecule has 0 radical (unpaired) electrons. The van der Waals surface area contributed by atoms with Crippen molar-refractivity contribution in [2.24, 2.45) is 5.73 Å². The van der Waals surface area contributed by atoms with Gasteiger partial charge in [0.25, 0.3) is 0 Å². The van der Waals surface area contributed by atoms with Gasteiger partial charge in [0.2, 0.25) is 0 Å². The van der Waals surface area contributed by atoms with Crippen molar-refractivity contribution in [3.8, 4) is 5.75 Å². The van der Waals surface area contributed by atoms with Crippen LogP contribution in [0, 0.1) is 6.92 Å². The van der Waals surface area contributed by atoms with Crippen LogP contribution in [0.25, 0.3) is 10.1 Å². The Bertz CT molecular complexity index is 462. The van der Waals surface area contributed by atoms with E-state index in [-0.39, 0.29) is 0 Å². The first-order chi connectivity index (χ1) is 6.76. The first kappa shape index (κ1) is 9.49. The maximum atomic E-state index is 5.66. The molecule has 0 atom stereocenters. The topological polar surface area (TPSA) is 35.2 Å². The fourth-order valence-electron chi connectivity index (χ4n) is 1.57. The summed E-state index contributed by atoms with van der Waals surface area (Å²) < 4.78 is 6.47. The lowest BCUT2D eigenvalue weighted by molar-refractivity contribution is 0.415. The van der Waals surface area contributed by atoms with E-state index in [9.17, 15) is 0 Å². The van der Waals surface area contributed by atoms with E-state index in [1.807, 2.05) is 6.07 Å². The SMILES string of the molecule is COc1ccc2sc(CN)c(C)c2c1. The molecule has 14 heavy (non-hydrogen) atoms. The smallest absolute Gasteiger partial charge is 0.119 e. The number of hydrogen-bond acceptors (Lipinski definition) is 3. The number of ether oxygens (including phenoxy) is 1. The van der Waals surface area contributed by atoms with Gasteiger partial charge in [-0.05, 0) is 36.1 Å². The largest absolute Gasteiger partial charge is 0.497 e. The van der Waals surface area contributed by atoms with Gasteiger partial charge in [0, 0.05) is 16.1 Å². The second kappa shape index (κ2) is 3.59. The molecule has 0 unspecified atom stereocenters. The number of hydrogen-bond donors (Lipinski definition) is 1. The molecular weight excluding hydrogens is 194 g/mol. The molecule has 1 aromatic heterocycles. The third kappa shape index (κ3) is 1.38. The van der Waals surface area contributed by atoms with Crippen LogP contribution in [0.15, 0.2) is 18.2 Å². The summed E-state index contributed by atoms with van der Waals surface area (Å²) in [6.07, 6.45) is 0. The zero-order valence-electron chi connectivity index (χ0n) is 8.33. The lowest BCUT2D eigenvalue weighted by Crippen LogP contribution is -1.94. The zero-order valence-corrected chi connectivity index (χ0v) is 9.15. The van der Waals surface area contributed by atoms with Gasteiger partial charge in [-0.15, -0.1) is 11.3 Å². The molecule has 0 amide bonds. The minimum atomic E-state index is 0.619. The van der Waals surface area contributed by atoms with Crippen molar-refractivity contribution in [3.05, 3.63) is 28.6 Å². The second-order valence-corrected chi connectivity index (χ2v) is 4.35. The lowest BCUT2D eigenvalue weighted by atomic mass is 10.1. The molecule has 0 bridgehead atoms. The molecule has 74 valence electrons. The van der Waals surface area contributed by atoms with Crippen molar-refractivity contribution in [1.82, 2.24) is 0 Å². The molecule has 1 heterocycles. The van der Waals surface area contributed by atoms with Gasteiger partial charge in [-0.3, -0.25) is 0 Å². The number of rotatable bonds is 2. The van der Waals surface area contributed by atoms with Crippen LogP contribution in [0.5, 0.6) is 5.75 Å². The molecule has 0 fully saturated rings. The molecular formula is C11H13NOS. The Labute approximate surface area is 87.3 Å². The van der Waals surface area contributed by atoms with Crippen molar-refractivity contribution < 1.29 is 4.74 Å². The highest BCUT2D eigenvalue weighted by Gasteiger charge is 2.07. The van der Waals surface area contributed by atoms with Crippen LogP contribution in [0.1, 0.15) is 10.4 Å². The Morgan fingerprint density at radius 3 is 2.86 bits per heavy atom. The fraction of sp³-hybridized carbons (Fsp3) is 0.273. The zero-order chi connectivity index (χ0) is 10.1. The Morgan fingerprint density at radius 2 is 2.21 bits per heavy atom. The highest BCUT2D eigenvalue weighted by Crippen LogP contribution is 2.32. The number of methoxy groups -OCH3 is 1. The molecule has 3 heteroatoms. The van der Waals surface area contributed by atoms with Gasteiger partial charge in [-0.25, -0.2) is 0 Å². The monoisotopic (exact) mass is 207 g/mol. The highest BCUT2D eigenvalue weighted by atomic mass is 32.1. The van der Waals surface area contributed by atoms with E-state index in [4.69, 9.17) is 10.5 Å². The summed E-state index contributed by atoms with van der Waals surface area (Å²) >= 11 is 1.76. The van der Waals surface area contributed by atoms with Gasteiger partial charge >= 0.3 is 0 Å². The third-order valence-electron chi connectivity index (χ3n) is 2.43. The van der Waals surface area contributed by atoms with Gasteiger partial charge in [0.1, 0.15) is 5.75 Å². The van der Waals surface area contributed by atoms with Crippen molar-refractivity contribution >= 4 is 21.4 Å². The summed E-state index contributed by atoms with van der Waals surface area (Å²) in [6.45, 7) is 2.73. The van der Waals surface area contributed by atoms with Crippen LogP contribution in [0.4, 0.5) is 0 Å². The molecule has 0 saturated heterocycles. The van der Waals surface area contributed by atoms with E-state index >= 15 is 0 Å². The van der Waals surface area contributed by atoms with Crippen LogP contribution in [0.3, 0.4) is 0 Å². The van der Waals surface area contributed by atoms with Crippen LogP contribution < -0.4 is 10.5 Å². The van der Waals surface area contributed by atoms with Crippen molar-refractivity contribution in [2.45, 2.75) is 13.5 Å². The molecule has 2 nitrogen and oxygen atoms in total. The standard InChI is InChI=1S/C11H13NOS/c1-7-9-5-8(13-2)3-4-10(9)14-11(7)6-12/h3-5H,6,12H2,1-2H3. The van der Waals surface area contributed by atoms with E-state index in [0.29, 0.717) is 6.54 Å². The summed E-state index contributed by atoms with van der Waals surface area (Å²) in [5, 5.41) is 1.26. The number of fused-ring (bicyclic) bond motifs is 1. The number of aryl methyl sites for hydroxylation is 1. The molecule has 0 aliphatic rings. The molecule has 2 aromatic rings. The van der Waals surface area contributed by atoms with Crippen LogP contribution >= 0.6 is 11.3 Å². The Kier molecular flexibility index (Phi) is 2.44. The van der Waals surface area contributed by atoms with Crippen LogP contribution in [-0.2, 0) is 6.54 Å². The van der Waals surface area contributed by atoms with Crippen LogP contribution in [-0.4, -0.2) is 7.11 Å². The normalized spacial score (nSPS) is 10.8. The van der Waals surface area contributed by atoms with E-state index in [2.05, 4.69) is 19.1 Å². The summed E-state index contributed by atoms with van der Waals surface area (Å²) in [5.74, 6) is 0.905.